The van der Waals surface area contributed by atoms with Crippen molar-refractivity contribution in [3.05, 3.63) is 32.6 Å². The Balaban J connectivity index is 1.81. The molecule has 6 N–H and O–H groups in total. The Bertz CT molecular complexity index is 1180. The molecule has 6 atom stereocenters. The summed E-state index contributed by atoms with van der Waals surface area (Å²) in [5.74, 6) is -3.08. The van der Waals surface area contributed by atoms with Gasteiger partial charge in [0.15, 0.2) is 6.10 Å². The quantitative estimate of drug-likeness (QED) is 0.210. The van der Waals surface area contributed by atoms with Gasteiger partial charge in [-0.25, -0.2) is 22.9 Å². The third-order valence-corrected chi connectivity index (χ3v) is 8.16. The van der Waals surface area contributed by atoms with Gasteiger partial charge in [-0.3, -0.25) is 18.9 Å². The standard InChI is InChI=1S/C11H16FN2O15P3/c1-5-2-14(9(17)13-6(5)15)8-11(12)7(16)10(27-8,3-25-11)4-26-31(21,22)29-32(23,24)28-30(18,19)20/h2,7-8,16H,3-4H2,1H3,(H,21,22)(H,23,24)(H,13,15,17)(H2,18,19,20)/t7-,8-,10-,11-/m1/s1. The molecule has 2 aliphatic heterocycles. The van der Waals surface area contributed by atoms with Crippen molar-refractivity contribution in [3.63, 3.8) is 0 Å². The number of aliphatic hydroxyl groups is 1. The third kappa shape index (κ3) is 4.88. The van der Waals surface area contributed by atoms with Crippen LogP contribution >= 0.6 is 23.5 Å². The number of ether oxygens (including phenoxy) is 2. The Kier molecular flexibility index (Phi) is 6.37. The number of nitrogens with one attached hydrogen (secondary N) is 1. The van der Waals surface area contributed by atoms with Crippen molar-refractivity contribution < 1.29 is 65.4 Å². The van der Waals surface area contributed by atoms with Crippen LogP contribution in [0.1, 0.15) is 11.8 Å². The maximum absolute atomic E-state index is 15.3. The number of hydrogen-bond donors (Lipinski definition) is 6. The molecule has 0 aliphatic carbocycles. The molecule has 2 unspecified atom stereocenters. The number of phosphoric ester groups is 1. The fraction of sp³-hybridized carbons (Fsp3) is 0.636. The first kappa shape index (κ1) is 25.5. The molecule has 0 saturated carbocycles. The molecule has 2 fully saturated rings. The van der Waals surface area contributed by atoms with E-state index >= 15 is 4.39 Å². The third-order valence-electron chi connectivity index (χ3n) is 4.38. The van der Waals surface area contributed by atoms with Gasteiger partial charge in [0.2, 0.25) is 6.23 Å². The second kappa shape index (κ2) is 7.99. The summed E-state index contributed by atoms with van der Waals surface area (Å²) >= 11 is 0. The Morgan fingerprint density at radius 2 is 1.84 bits per heavy atom. The lowest BCUT2D eigenvalue weighted by molar-refractivity contribution is -0.262. The predicted molar refractivity (Wildman–Crippen MR) is 94.5 cm³/mol. The Hall–Kier alpha value is -1.10. The molecule has 17 nitrogen and oxygen atoms in total. The van der Waals surface area contributed by atoms with E-state index in [0.717, 1.165) is 6.20 Å². The molecular formula is C11H16FN2O15P3. The number of rotatable bonds is 8. The van der Waals surface area contributed by atoms with E-state index in [0.29, 0.717) is 4.57 Å². The Morgan fingerprint density at radius 1 is 1.22 bits per heavy atom. The zero-order chi connectivity index (χ0) is 24.3. The maximum Gasteiger partial charge on any atom is 0.490 e. The molecule has 1 aromatic rings. The van der Waals surface area contributed by atoms with Crippen LogP contribution in [0.25, 0.3) is 0 Å². The number of halogens is 1. The molecule has 2 saturated heterocycles. The zero-order valence-corrected chi connectivity index (χ0v) is 18.3. The monoisotopic (exact) mass is 528 g/mol. The van der Waals surface area contributed by atoms with Gasteiger partial charge >= 0.3 is 29.2 Å². The van der Waals surface area contributed by atoms with Gasteiger partial charge in [0.1, 0.15) is 5.60 Å². The van der Waals surface area contributed by atoms with Gasteiger partial charge in [-0.15, -0.1) is 0 Å². The lowest BCUT2D eigenvalue weighted by Gasteiger charge is -2.32. The first-order valence-electron chi connectivity index (χ1n) is 8.19. The van der Waals surface area contributed by atoms with Gasteiger partial charge in [0, 0.05) is 11.8 Å². The van der Waals surface area contributed by atoms with Crippen molar-refractivity contribution in [2.45, 2.75) is 30.7 Å². The Labute approximate surface area is 175 Å². The van der Waals surface area contributed by atoms with Crippen LogP contribution in [0.3, 0.4) is 0 Å². The van der Waals surface area contributed by atoms with Crippen molar-refractivity contribution >= 4 is 23.5 Å². The maximum atomic E-state index is 15.3. The summed E-state index contributed by atoms with van der Waals surface area (Å²) in [6.45, 7) is -0.722. The second-order valence-electron chi connectivity index (χ2n) is 6.77. The molecule has 0 spiro atoms. The summed E-state index contributed by atoms with van der Waals surface area (Å²) in [5, 5.41) is 10.3. The van der Waals surface area contributed by atoms with Crippen molar-refractivity contribution in [2.75, 3.05) is 13.2 Å². The number of aryl methyl sites for hydroxylation is 1. The van der Waals surface area contributed by atoms with E-state index in [2.05, 4.69) is 13.1 Å². The van der Waals surface area contributed by atoms with Crippen LogP contribution in [-0.4, -0.2) is 65.0 Å². The summed E-state index contributed by atoms with van der Waals surface area (Å²) in [6, 6.07) is 0. The van der Waals surface area contributed by atoms with E-state index in [1.54, 1.807) is 0 Å². The number of phosphoric acid groups is 3. The normalized spacial score (nSPS) is 33.7. The predicted octanol–water partition coefficient (Wildman–Crippen LogP) is -1.49. The molecule has 2 bridgehead atoms. The summed E-state index contributed by atoms with van der Waals surface area (Å²) < 4.78 is 71.4. The molecule has 3 rings (SSSR count). The molecule has 0 amide bonds. The van der Waals surface area contributed by atoms with Crippen LogP contribution in [-0.2, 0) is 36.3 Å². The number of aromatic amines is 1. The van der Waals surface area contributed by atoms with Crippen LogP contribution in [0.4, 0.5) is 4.39 Å². The van der Waals surface area contributed by atoms with Crippen molar-refractivity contribution in [1.29, 1.82) is 0 Å². The fourth-order valence-electron chi connectivity index (χ4n) is 3.01. The minimum atomic E-state index is -5.81. The summed E-state index contributed by atoms with van der Waals surface area (Å²) in [5.41, 5.74) is -4.18. The van der Waals surface area contributed by atoms with Crippen LogP contribution in [0.15, 0.2) is 15.8 Å². The van der Waals surface area contributed by atoms with Crippen LogP contribution in [0.5, 0.6) is 0 Å². The van der Waals surface area contributed by atoms with E-state index in [9.17, 15) is 33.3 Å². The number of aliphatic hydroxyl groups excluding tert-OH is 1. The van der Waals surface area contributed by atoms with Crippen molar-refractivity contribution in [3.8, 4) is 0 Å². The van der Waals surface area contributed by atoms with Crippen LogP contribution in [0.2, 0.25) is 0 Å². The number of nitrogens with zero attached hydrogens (tertiary/aromatic N) is 1. The molecule has 32 heavy (non-hydrogen) atoms. The van der Waals surface area contributed by atoms with Gasteiger partial charge in [-0.05, 0) is 6.92 Å². The number of fused-ring (bicyclic) bond motifs is 2. The van der Waals surface area contributed by atoms with Gasteiger partial charge in [-0.1, -0.05) is 0 Å². The van der Waals surface area contributed by atoms with E-state index in [1.807, 2.05) is 4.98 Å². The lowest BCUT2D eigenvalue weighted by Crippen LogP contribution is -2.45. The summed E-state index contributed by atoms with van der Waals surface area (Å²) in [4.78, 5) is 61.1. The minimum Gasteiger partial charge on any atom is -0.384 e. The van der Waals surface area contributed by atoms with Gasteiger partial charge in [-0.2, -0.15) is 8.62 Å². The highest BCUT2D eigenvalue weighted by Gasteiger charge is 2.73. The van der Waals surface area contributed by atoms with E-state index in [-0.39, 0.29) is 5.56 Å². The molecule has 2 aliphatic rings. The highest BCUT2D eigenvalue weighted by atomic mass is 31.3. The van der Waals surface area contributed by atoms with E-state index in [1.165, 1.54) is 6.92 Å². The van der Waals surface area contributed by atoms with Gasteiger partial charge in [0.05, 0.1) is 13.2 Å². The SMILES string of the molecule is Cc1cn([C@@H]2O[C@@]3(COP(=O)(O)OP(=O)(O)OP(=O)(O)O)CO[C@]2(F)[C@@H]3O)c(=O)[nH]c1=O. The smallest absolute Gasteiger partial charge is 0.384 e. The van der Waals surface area contributed by atoms with E-state index in [4.69, 9.17) is 24.2 Å². The molecule has 182 valence electrons. The number of alkyl halides is 1. The highest BCUT2D eigenvalue weighted by molar-refractivity contribution is 7.66. The number of H-pyrrole nitrogens is 1. The highest BCUT2D eigenvalue weighted by Crippen LogP contribution is 2.67. The lowest BCUT2D eigenvalue weighted by atomic mass is 9.99. The molecule has 3 heterocycles. The summed E-state index contributed by atoms with van der Waals surface area (Å²) in [6.07, 6.45) is -3.30. The van der Waals surface area contributed by atoms with Crippen LogP contribution in [0, 0.1) is 6.92 Å². The topological polar surface area (TPSA) is 253 Å². The van der Waals surface area contributed by atoms with Crippen molar-refractivity contribution in [1.82, 2.24) is 9.55 Å². The molecule has 1 aromatic heterocycles. The van der Waals surface area contributed by atoms with Crippen LogP contribution < -0.4 is 11.2 Å². The zero-order valence-electron chi connectivity index (χ0n) is 15.6. The number of aromatic nitrogens is 2. The molecule has 21 heteroatoms. The van der Waals surface area contributed by atoms with E-state index < -0.39 is 71.7 Å². The number of hydrogen-bond acceptors (Lipinski definition) is 11. The molecule has 0 aromatic carbocycles. The molecular weight excluding hydrogens is 512 g/mol. The average Bonchev–Trinajstić information content (AvgIpc) is 2.97. The first-order chi connectivity index (χ1) is 14.4. The van der Waals surface area contributed by atoms with Gasteiger partial charge < -0.3 is 34.2 Å². The Morgan fingerprint density at radius 3 is 2.44 bits per heavy atom. The summed E-state index contributed by atoms with van der Waals surface area (Å²) in [7, 11) is -17.0. The van der Waals surface area contributed by atoms with Gasteiger partial charge in [0.25, 0.3) is 11.4 Å². The average molecular weight is 528 g/mol. The van der Waals surface area contributed by atoms with Crippen molar-refractivity contribution in [2.24, 2.45) is 0 Å². The largest absolute Gasteiger partial charge is 0.490 e. The minimum absolute atomic E-state index is 0.0311. The first-order valence-corrected chi connectivity index (χ1v) is 12.7. The second-order valence-corrected chi connectivity index (χ2v) is 11.2. The fourth-order valence-corrected chi connectivity index (χ4v) is 6.09. The molecule has 0 radical (unpaired) electrons.